The van der Waals surface area contributed by atoms with Crippen LogP contribution in [0.3, 0.4) is 0 Å². The van der Waals surface area contributed by atoms with E-state index >= 15 is 0 Å². The number of aliphatic hydroxyl groups is 1. The summed E-state index contributed by atoms with van der Waals surface area (Å²) < 4.78 is 26.2. The summed E-state index contributed by atoms with van der Waals surface area (Å²) in [7, 11) is -1.85. The van der Waals surface area contributed by atoms with Gasteiger partial charge in [0.15, 0.2) is 5.03 Å². The van der Waals surface area contributed by atoms with Crippen molar-refractivity contribution in [3.05, 3.63) is 18.3 Å². The van der Waals surface area contributed by atoms with E-state index in [9.17, 15) is 13.5 Å². The third-order valence-corrected chi connectivity index (χ3v) is 4.01. The SMILES string of the molecule is Bc1ccc(S(=O)(=O)NC(C)C(C)(C)O)nc1. The van der Waals surface area contributed by atoms with Gasteiger partial charge >= 0.3 is 0 Å². The fourth-order valence-electron chi connectivity index (χ4n) is 1.05. The highest BCUT2D eigenvalue weighted by molar-refractivity contribution is 7.89. The summed E-state index contributed by atoms with van der Waals surface area (Å²) in [6, 6.07) is 2.51. The first-order valence-corrected chi connectivity index (χ1v) is 6.78. The molecule has 7 heteroatoms. The Bertz CT molecular complexity index is 479. The summed E-state index contributed by atoms with van der Waals surface area (Å²) in [6.07, 6.45) is 1.49. The van der Waals surface area contributed by atoms with Gasteiger partial charge in [0, 0.05) is 12.2 Å². The van der Waals surface area contributed by atoms with Crippen molar-refractivity contribution in [3.63, 3.8) is 0 Å². The molecule has 0 fully saturated rings. The number of nitrogens with zero attached hydrogens (tertiary/aromatic N) is 1. The second kappa shape index (κ2) is 4.76. The summed E-state index contributed by atoms with van der Waals surface area (Å²) in [5, 5.41) is 9.65. The standard InChI is InChI=1S/C10H17BN2O3S/c1-7(10(2,3)14)13-17(15,16)9-5-4-8(11)6-12-9/h4-7,13-14H,11H2,1-3H3. The molecule has 2 N–H and O–H groups in total. The fourth-order valence-corrected chi connectivity index (χ4v) is 2.36. The third-order valence-electron chi connectivity index (χ3n) is 2.55. The van der Waals surface area contributed by atoms with Crippen molar-refractivity contribution in [1.82, 2.24) is 9.71 Å². The Hall–Kier alpha value is -0.915. The Labute approximate surface area is 103 Å². The molecule has 1 aromatic heterocycles. The first-order chi connectivity index (χ1) is 7.63. The van der Waals surface area contributed by atoms with Crippen molar-refractivity contribution in [2.24, 2.45) is 0 Å². The Morgan fingerprint density at radius 1 is 1.47 bits per heavy atom. The lowest BCUT2D eigenvalue weighted by molar-refractivity contribution is 0.0523. The van der Waals surface area contributed by atoms with E-state index in [1.165, 1.54) is 12.3 Å². The van der Waals surface area contributed by atoms with E-state index in [1.807, 2.05) is 7.85 Å². The number of nitrogens with one attached hydrogen (secondary N) is 1. The van der Waals surface area contributed by atoms with Crippen molar-refractivity contribution >= 4 is 23.3 Å². The minimum absolute atomic E-state index is 0.0424. The lowest BCUT2D eigenvalue weighted by Gasteiger charge is -2.26. The number of pyridine rings is 1. The highest BCUT2D eigenvalue weighted by Crippen LogP contribution is 2.11. The van der Waals surface area contributed by atoms with Crippen LogP contribution >= 0.6 is 0 Å². The van der Waals surface area contributed by atoms with Crippen LogP contribution in [0.25, 0.3) is 0 Å². The minimum atomic E-state index is -3.68. The van der Waals surface area contributed by atoms with Crippen LogP contribution in [-0.2, 0) is 10.0 Å². The van der Waals surface area contributed by atoms with Crippen LogP contribution < -0.4 is 10.2 Å². The molecule has 17 heavy (non-hydrogen) atoms. The third kappa shape index (κ3) is 3.80. The maximum atomic E-state index is 11.9. The fraction of sp³-hybridized carbons (Fsp3) is 0.500. The molecule has 0 aromatic carbocycles. The predicted octanol–water partition coefficient (Wildman–Crippen LogP) is -1.22. The van der Waals surface area contributed by atoms with Gasteiger partial charge in [-0.15, -0.1) is 0 Å². The molecule has 0 amide bonds. The molecule has 1 rings (SSSR count). The first kappa shape index (κ1) is 14.1. The molecule has 1 atom stereocenters. The van der Waals surface area contributed by atoms with Gasteiger partial charge in [-0.05, 0) is 26.8 Å². The Morgan fingerprint density at radius 3 is 2.47 bits per heavy atom. The van der Waals surface area contributed by atoms with Gasteiger partial charge in [0.1, 0.15) is 7.85 Å². The summed E-state index contributed by atoms with van der Waals surface area (Å²) in [6.45, 7) is 4.69. The maximum absolute atomic E-state index is 11.9. The van der Waals surface area contributed by atoms with Crippen LogP contribution in [0, 0.1) is 0 Å². The zero-order chi connectivity index (χ0) is 13.3. The number of hydrogen-bond donors (Lipinski definition) is 2. The Morgan fingerprint density at radius 2 is 2.06 bits per heavy atom. The highest BCUT2D eigenvalue weighted by atomic mass is 32.2. The molecule has 0 saturated carbocycles. The van der Waals surface area contributed by atoms with Crippen LogP contribution in [-0.4, -0.2) is 38.0 Å². The van der Waals surface area contributed by atoms with Crippen molar-refractivity contribution in [2.75, 3.05) is 0 Å². The quantitative estimate of drug-likeness (QED) is 0.662. The summed E-state index contributed by atoms with van der Waals surface area (Å²) in [5.41, 5.74) is -0.239. The van der Waals surface area contributed by atoms with Gasteiger partial charge < -0.3 is 5.11 Å². The average molecular weight is 256 g/mol. The molecule has 0 bridgehead atoms. The van der Waals surface area contributed by atoms with Gasteiger partial charge in [-0.3, -0.25) is 0 Å². The van der Waals surface area contributed by atoms with E-state index in [-0.39, 0.29) is 5.03 Å². The van der Waals surface area contributed by atoms with Crippen molar-refractivity contribution in [1.29, 1.82) is 0 Å². The molecule has 0 aliphatic carbocycles. The molecule has 0 radical (unpaired) electrons. The molecule has 0 saturated heterocycles. The van der Waals surface area contributed by atoms with Crippen molar-refractivity contribution < 1.29 is 13.5 Å². The number of aromatic nitrogens is 1. The van der Waals surface area contributed by atoms with E-state index < -0.39 is 21.7 Å². The second-order valence-corrected chi connectivity index (χ2v) is 6.33. The molecule has 0 aliphatic rings. The summed E-state index contributed by atoms with van der Waals surface area (Å²) in [4.78, 5) is 3.85. The topological polar surface area (TPSA) is 79.3 Å². The zero-order valence-corrected chi connectivity index (χ0v) is 11.2. The van der Waals surface area contributed by atoms with Crippen LogP contribution in [0.15, 0.2) is 23.4 Å². The number of sulfonamides is 1. The zero-order valence-electron chi connectivity index (χ0n) is 10.4. The molecule has 94 valence electrons. The van der Waals surface area contributed by atoms with E-state index in [0.29, 0.717) is 0 Å². The van der Waals surface area contributed by atoms with Crippen LogP contribution in [0.1, 0.15) is 20.8 Å². The maximum Gasteiger partial charge on any atom is 0.258 e. The van der Waals surface area contributed by atoms with Crippen molar-refractivity contribution in [2.45, 2.75) is 37.4 Å². The summed E-state index contributed by atoms with van der Waals surface area (Å²) >= 11 is 0. The predicted molar refractivity (Wildman–Crippen MR) is 68.5 cm³/mol. The van der Waals surface area contributed by atoms with Gasteiger partial charge in [0.25, 0.3) is 10.0 Å². The smallest absolute Gasteiger partial charge is 0.258 e. The molecule has 1 unspecified atom stereocenters. The van der Waals surface area contributed by atoms with Crippen LogP contribution in [0.2, 0.25) is 0 Å². The number of rotatable bonds is 4. The molecule has 1 heterocycles. The molecule has 5 nitrogen and oxygen atoms in total. The average Bonchev–Trinajstić information content (AvgIpc) is 2.16. The van der Waals surface area contributed by atoms with Gasteiger partial charge in [0.05, 0.1) is 5.60 Å². The molecule has 0 spiro atoms. The van der Waals surface area contributed by atoms with Crippen LogP contribution in [0.4, 0.5) is 0 Å². The van der Waals surface area contributed by atoms with E-state index in [4.69, 9.17) is 0 Å². The van der Waals surface area contributed by atoms with E-state index in [1.54, 1.807) is 26.8 Å². The van der Waals surface area contributed by atoms with E-state index in [2.05, 4.69) is 9.71 Å². The van der Waals surface area contributed by atoms with Gasteiger partial charge in [0.2, 0.25) is 0 Å². The molecular weight excluding hydrogens is 239 g/mol. The number of hydrogen-bond acceptors (Lipinski definition) is 4. The van der Waals surface area contributed by atoms with Gasteiger partial charge in [-0.1, -0.05) is 11.5 Å². The monoisotopic (exact) mass is 256 g/mol. The normalized spacial score (nSPS) is 14.6. The highest BCUT2D eigenvalue weighted by Gasteiger charge is 2.28. The van der Waals surface area contributed by atoms with Crippen LogP contribution in [0.5, 0.6) is 0 Å². The lowest BCUT2D eigenvalue weighted by Crippen LogP contribution is -2.47. The molecular formula is C10H17BN2O3S. The largest absolute Gasteiger partial charge is 0.389 e. The van der Waals surface area contributed by atoms with Crippen molar-refractivity contribution in [3.8, 4) is 0 Å². The Kier molecular flexibility index (Phi) is 3.96. The lowest BCUT2D eigenvalue weighted by atomic mass is 9.99. The summed E-state index contributed by atoms with van der Waals surface area (Å²) in [5.74, 6) is 0. The van der Waals surface area contributed by atoms with E-state index in [0.717, 1.165) is 5.46 Å². The Balaban J connectivity index is 2.94. The van der Waals surface area contributed by atoms with Gasteiger partial charge in [-0.2, -0.15) is 0 Å². The van der Waals surface area contributed by atoms with Gasteiger partial charge in [-0.25, -0.2) is 18.1 Å². The molecule has 1 aromatic rings. The molecule has 0 aliphatic heterocycles. The second-order valence-electron chi connectivity index (χ2n) is 4.67. The minimum Gasteiger partial charge on any atom is -0.389 e. The first-order valence-electron chi connectivity index (χ1n) is 5.30.